The number of halogens is 1. The van der Waals surface area contributed by atoms with E-state index in [1.807, 2.05) is 6.07 Å². The number of likely N-dealkylation sites (tertiary alicyclic amines) is 1. The maximum atomic E-state index is 13.3. The van der Waals surface area contributed by atoms with Crippen LogP contribution < -0.4 is 0 Å². The lowest BCUT2D eigenvalue weighted by Crippen LogP contribution is -2.26. The number of hydrogen-bond acceptors (Lipinski definition) is 1. The Morgan fingerprint density at radius 1 is 1.35 bits per heavy atom. The van der Waals surface area contributed by atoms with Crippen molar-refractivity contribution < 1.29 is 4.39 Å². The van der Waals surface area contributed by atoms with E-state index in [2.05, 4.69) is 11.9 Å². The lowest BCUT2D eigenvalue weighted by molar-refractivity contribution is 0.281. The summed E-state index contributed by atoms with van der Waals surface area (Å²) in [6.07, 6.45) is 6.20. The van der Waals surface area contributed by atoms with Crippen molar-refractivity contribution in [2.75, 3.05) is 13.6 Å². The molecule has 0 spiro atoms. The van der Waals surface area contributed by atoms with Gasteiger partial charge in [-0.05, 0) is 74.9 Å². The minimum Gasteiger partial charge on any atom is -0.303 e. The van der Waals surface area contributed by atoms with Gasteiger partial charge in [0.1, 0.15) is 5.82 Å². The second-order valence-electron chi connectivity index (χ2n) is 5.59. The molecule has 0 bridgehead atoms. The van der Waals surface area contributed by atoms with Gasteiger partial charge in [-0.3, -0.25) is 0 Å². The molecule has 17 heavy (non-hydrogen) atoms. The van der Waals surface area contributed by atoms with Crippen LogP contribution in [-0.2, 0) is 6.42 Å². The average molecular weight is 233 g/mol. The molecular formula is C15H20FN. The van der Waals surface area contributed by atoms with E-state index in [9.17, 15) is 4.39 Å². The lowest BCUT2D eigenvalue weighted by Gasteiger charge is -2.23. The Bertz CT molecular complexity index is 415. The maximum Gasteiger partial charge on any atom is 0.123 e. The smallest absolute Gasteiger partial charge is 0.123 e. The van der Waals surface area contributed by atoms with Crippen molar-refractivity contribution in [1.29, 1.82) is 0 Å². The molecule has 0 aromatic heterocycles. The zero-order chi connectivity index (χ0) is 11.8. The maximum absolute atomic E-state index is 13.3. The predicted octanol–water partition coefficient (Wildman–Crippen LogP) is 3.34. The van der Waals surface area contributed by atoms with E-state index in [1.54, 1.807) is 12.1 Å². The lowest BCUT2D eigenvalue weighted by atomic mass is 9.93. The standard InChI is InChI=1S/C15H20FN/c1-17-8-2-3-14(17)9-12-5-4-11-6-7-13(16)10-15(11)12/h6-7,10,12,14H,2-5,8-9H2,1H3/t12?,14-/m1/s1. The summed E-state index contributed by atoms with van der Waals surface area (Å²) in [5.41, 5.74) is 2.65. The fourth-order valence-electron chi connectivity index (χ4n) is 3.51. The molecule has 1 nitrogen and oxygen atoms in total. The van der Waals surface area contributed by atoms with Crippen LogP contribution in [0, 0.1) is 5.82 Å². The normalized spacial score (nSPS) is 28.6. The summed E-state index contributed by atoms with van der Waals surface area (Å²) in [5, 5.41) is 0. The van der Waals surface area contributed by atoms with Crippen molar-refractivity contribution >= 4 is 0 Å². The van der Waals surface area contributed by atoms with E-state index in [0.29, 0.717) is 12.0 Å². The van der Waals surface area contributed by atoms with Crippen molar-refractivity contribution in [3.05, 3.63) is 35.1 Å². The average Bonchev–Trinajstić information content (AvgIpc) is 2.88. The van der Waals surface area contributed by atoms with Gasteiger partial charge in [0.15, 0.2) is 0 Å². The minimum absolute atomic E-state index is 0.0737. The van der Waals surface area contributed by atoms with Crippen LogP contribution >= 0.6 is 0 Å². The first kappa shape index (κ1) is 11.2. The van der Waals surface area contributed by atoms with Gasteiger partial charge in [0.2, 0.25) is 0 Å². The number of hydrogen-bond donors (Lipinski definition) is 0. The molecule has 1 fully saturated rings. The largest absolute Gasteiger partial charge is 0.303 e. The van der Waals surface area contributed by atoms with Gasteiger partial charge >= 0.3 is 0 Å². The second-order valence-corrected chi connectivity index (χ2v) is 5.59. The van der Waals surface area contributed by atoms with Gasteiger partial charge in [-0.25, -0.2) is 4.39 Å². The molecule has 1 aliphatic carbocycles. The summed E-state index contributed by atoms with van der Waals surface area (Å²) in [6, 6.07) is 6.06. The molecule has 0 saturated carbocycles. The summed E-state index contributed by atoms with van der Waals surface area (Å²) in [5.74, 6) is 0.515. The van der Waals surface area contributed by atoms with Crippen LogP contribution in [0.1, 0.15) is 42.7 Å². The molecule has 2 atom stereocenters. The van der Waals surface area contributed by atoms with Crippen LogP contribution in [0.25, 0.3) is 0 Å². The Balaban J connectivity index is 1.76. The van der Waals surface area contributed by atoms with Gasteiger partial charge < -0.3 is 4.90 Å². The molecule has 0 radical (unpaired) electrons. The first-order valence-corrected chi connectivity index (χ1v) is 6.72. The number of nitrogens with zero attached hydrogens (tertiary/aromatic N) is 1. The minimum atomic E-state index is -0.0737. The molecule has 1 aromatic carbocycles. The fourth-order valence-corrected chi connectivity index (χ4v) is 3.51. The summed E-state index contributed by atoms with van der Waals surface area (Å²) in [4.78, 5) is 2.47. The molecule has 1 aromatic rings. The van der Waals surface area contributed by atoms with E-state index in [-0.39, 0.29) is 5.82 Å². The second kappa shape index (κ2) is 4.41. The first-order valence-electron chi connectivity index (χ1n) is 6.72. The van der Waals surface area contributed by atoms with E-state index in [1.165, 1.54) is 43.4 Å². The van der Waals surface area contributed by atoms with Crippen molar-refractivity contribution in [3.8, 4) is 0 Å². The van der Waals surface area contributed by atoms with Crippen LogP contribution in [0.15, 0.2) is 18.2 Å². The quantitative estimate of drug-likeness (QED) is 0.757. The van der Waals surface area contributed by atoms with E-state index >= 15 is 0 Å². The van der Waals surface area contributed by atoms with Crippen molar-refractivity contribution in [3.63, 3.8) is 0 Å². The topological polar surface area (TPSA) is 3.24 Å². The Kier molecular flexibility index (Phi) is 2.91. The van der Waals surface area contributed by atoms with Crippen LogP contribution in [0.4, 0.5) is 4.39 Å². The summed E-state index contributed by atoms with van der Waals surface area (Å²) < 4.78 is 13.3. The molecule has 1 heterocycles. The van der Waals surface area contributed by atoms with Gasteiger partial charge in [0.05, 0.1) is 0 Å². The van der Waals surface area contributed by atoms with E-state index in [0.717, 1.165) is 6.42 Å². The molecule has 1 unspecified atom stereocenters. The van der Waals surface area contributed by atoms with Crippen LogP contribution in [0.3, 0.4) is 0 Å². The molecule has 1 saturated heterocycles. The summed E-state index contributed by atoms with van der Waals surface area (Å²) in [7, 11) is 2.22. The molecule has 92 valence electrons. The number of aryl methyl sites for hydroxylation is 1. The Morgan fingerprint density at radius 2 is 2.24 bits per heavy atom. The van der Waals surface area contributed by atoms with Crippen LogP contribution in [0.5, 0.6) is 0 Å². The van der Waals surface area contributed by atoms with Crippen molar-refractivity contribution in [1.82, 2.24) is 4.90 Å². The molecule has 0 amide bonds. The molecule has 3 rings (SSSR count). The van der Waals surface area contributed by atoms with Gasteiger partial charge in [0.25, 0.3) is 0 Å². The van der Waals surface area contributed by atoms with E-state index in [4.69, 9.17) is 0 Å². The third-order valence-corrected chi connectivity index (χ3v) is 4.54. The molecule has 2 heteroatoms. The molecule has 1 aliphatic heterocycles. The zero-order valence-electron chi connectivity index (χ0n) is 10.5. The highest BCUT2D eigenvalue weighted by Gasteiger charge is 2.29. The third-order valence-electron chi connectivity index (χ3n) is 4.54. The summed E-state index contributed by atoms with van der Waals surface area (Å²) >= 11 is 0. The van der Waals surface area contributed by atoms with E-state index < -0.39 is 0 Å². The van der Waals surface area contributed by atoms with Gasteiger partial charge in [-0.1, -0.05) is 6.07 Å². The van der Waals surface area contributed by atoms with Crippen LogP contribution in [-0.4, -0.2) is 24.5 Å². The fraction of sp³-hybridized carbons (Fsp3) is 0.600. The Morgan fingerprint density at radius 3 is 3.00 bits per heavy atom. The third kappa shape index (κ3) is 2.11. The Hall–Kier alpha value is -0.890. The number of benzene rings is 1. The number of rotatable bonds is 2. The predicted molar refractivity (Wildman–Crippen MR) is 67.7 cm³/mol. The SMILES string of the molecule is CN1CCC[C@@H]1CC1CCc2ccc(F)cc21. The molecular weight excluding hydrogens is 213 g/mol. The zero-order valence-corrected chi connectivity index (χ0v) is 10.5. The van der Waals surface area contributed by atoms with Crippen molar-refractivity contribution in [2.24, 2.45) is 0 Å². The van der Waals surface area contributed by atoms with Gasteiger partial charge in [-0.15, -0.1) is 0 Å². The highest BCUT2D eigenvalue weighted by molar-refractivity contribution is 5.35. The summed E-state index contributed by atoms with van der Waals surface area (Å²) in [6.45, 7) is 1.23. The number of fused-ring (bicyclic) bond motifs is 1. The molecule has 0 N–H and O–H groups in total. The Labute approximate surface area is 103 Å². The first-order chi connectivity index (χ1) is 8.24. The monoisotopic (exact) mass is 233 g/mol. The molecule has 2 aliphatic rings. The van der Waals surface area contributed by atoms with Gasteiger partial charge in [-0.2, -0.15) is 0 Å². The highest BCUT2D eigenvalue weighted by Crippen LogP contribution is 2.38. The highest BCUT2D eigenvalue weighted by atomic mass is 19.1. The van der Waals surface area contributed by atoms with Crippen LogP contribution in [0.2, 0.25) is 0 Å². The van der Waals surface area contributed by atoms with Crippen molar-refractivity contribution in [2.45, 2.75) is 44.1 Å². The van der Waals surface area contributed by atoms with Gasteiger partial charge in [0, 0.05) is 6.04 Å².